The maximum absolute atomic E-state index is 12.3. The second kappa shape index (κ2) is 9.23. The lowest BCUT2D eigenvalue weighted by atomic mass is 10.1. The largest absolute Gasteiger partial charge is 0.379 e. The molecule has 8 heteroatoms. The maximum atomic E-state index is 12.3. The van der Waals surface area contributed by atoms with E-state index in [-0.39, 0.29) is 6.04 Å². The van der Waals surface area contributed by atoms with Crippen molar-refractivity contribution in [3.05, 3.63) is 52.8 Å². The molecular formula is C20H25ClN4O3. The van der Waals surface area contributed by atoms with E-state index in [0.29, 0.717) is 30.5 Å². The predicted octanol–water partition coefficient (Wildman–Crippen LogP) is 2.12. The van der Waals surface area contributed by atoms with Crippen LogP contribution in [0.2, 0.25) is 5.02 Å². The van der Waals surface area contributed by atoms with Gasteiger partial charge in [0.25, 0.3) is 0 Å². The highest BCUT2D eigenvalue weighted by Gasteiger charge is 2.26. The van der Waals surface area contributed by atoms with Crippen molar-refractivity contribution >= 4 is 29.1 Å². The van der Waals surface area contributed by atoms with Crippen LogP contribution in [-0.2, 0) is 21.4 Å². The Kier molecular flexibility index (Phi) is 6.72. The summed E-state index contributed by atoms with van der Waals surface area (Å²) in [7, 11) is 1.97. The second-order valence-electron chi connectivity index (χ2n) is 6.84. The number of amides is 2. The molecule has 2 N–H and O–H groups in total. The molecule has 2 aromatic rings. The normalized spacial score (nSPS) is 15.8. The van der Waals surface area contributed by atoms with Gasteiger partial charge < -0.3 is 19.9 Å². The van der Waals surface area contributed by atoms with Crippen molar-refractivity contribution in [3.8, 4) is 0 Å². The third-order valence-corrected chi connectivity index (χ3v) is 5.31. The van der Waals surface area contributed by atoms with Crippen molar-refractivity contribution in [1.29, 1.82) is 0 Å². The molecule has 1 aromatic carbocycles. The molecule has 1 aliphatic heterocycles. The Morgan fingerprint density at radius 3 is 2.61 bits per heavy atom. The van der Waals surface area contributed by atoms with E-state index in [4.69, 9.17) is 16.3 Å². The summed E-state index contributed by atoms with van der Waals surface area (Å²) >= 11 is 6.07. The fraction of sp³-hybridized carbons (Fsp3) is 0.400. The summed E-state index contributed by atoms with van der Waals surface area (Å²) in [4.78, 5) is 26.8. The summed E-state index contributed by atoms with van der Waals surface area (Å²) in [6, 6.07) is 9.10. The first-order chi connectivity index (χ1) is 13.5. The molecule has 0 bridgehead atoms. The monoisotopic (exact) mass is 404 g/mol. The van der Waals surface area contributed by atoms with Gasteiger partial charge in [0.15, 0.2) is 0 Å². The fourth-order valence-electron chi connectivity index (χ4n) is 3.26. The van der Waals surface area contributed by atoms with Gasteiger partial charge in [0.2, 0.25) is 0 Å². The van der Waals surface area contributed by atoms with Gasteiger partial charge in [0, 0.05) is 49.3 Å². The highest BCUT2D eigenvalue weighted by atomic mass is 35.5. The molecule has 2 amide bonds. The predicted molar refractivity (Wildman–Crippen MR) is 108 cm³/mol. The van der Waals surface area contributed by atoms with E-state index in [2.05, 4.69) is 15.5 Å². The molecule has 0 aliphatic carbocycles. The summed E-state index contributed by atoms with van der Waals surface area (Å²) in [5.74, 6) is -1.39. The number of carbonyl (C=O) groups excluding carboxylic acids is 2. The Balaban J connectivity index is 1.63. The molecule has 1 atom stereocenters. The first-order valence-corrected chi connectivity index (χ1v) is 9.62. The fourth-order valence-corrected chi connectivity index (χ4v) is 3.44. The van der Waals surface area contributed by atoms with E-state index in [1.807, 2.05) is 36.9 Å². The van der Waals surface area contributed by atoms with Crippen LogP contribution in [0.3, 0.4) is 0 Å². The first-order valence-electron chi connectivity index (χ1n) is 9.24. The number of morpholine rings is 1. The average molecular weight is 405 g/mol. The Labute approximate surface area is 169 Å². The van der Waals surface area contributed by atoms with Crippen LogP contribution in [0.25, 0.3) is 0 Å². The molecule has 1 aromatic heterocycles. The van der Waals surface area contributed by atoms with Gasteiger partial charge in [-0.2, -0.15) is 0 Å². The number of aryl methyl sites for hydroxylation is 2. The molecule has 2 heterocycles. The van der Waals surface area contributed by atoms with Crippen LogP contribution < -0.4 is 10.6 Å². The summed E-state index contributed by atoms with van der Waals surface area (Å²) < 4.78 is 7.46. The second-order valence-corrected chi connectivity index (χ2v) is 7.24. The number of anilines is 1. The molecular weight excluding hydrogens is 380 g/mol. The summed E-state index contributed by atoms with van der Waals surface area (Å²) in [5, 5.41) is 5.88. The van der Waals surface area contributed by atoms with Crippen molar-refractivity contribution < 1.29 is 14.3 Å². The van der Waals surface area contributed by atoms with Gasteiger partial charge in [-0.05, 0) is 36.8 Å². The van der Waals surface area contributed by atoms with Gasteiger partial charge in [-0.3, -0.25) is 14.5 Å². The molecule has 0 spiro atoms. The molecule has 3 rings (SSSR count). The number of hydrogen-bond acceptors (Lipinski definition) is 4. The summed E-state index contributed by atoms with van der Waals surface area (Å²) in [5.41, 5.74) is 2.47. The van der Waals surface area contributed by atoms with E-state index >= 15 is 0 Å². The van der Waals surface area contributed by atoms with Crippen LogP contribution in [0.15, 0.2) is 36.5 Å². The zero-order chi connectivity index (χ0) is 20.1. The number of ether oxygens (including phenoxy) is 1. The lowest BCUT2D eigenvalue weighted by Gasteiger charge is -2.34. The van der Waals surface area contributed by atoms with Gasteiger partial charge >= 0.3 is 11.8 Å². The van der Waals surface area contributed by atoms with E-state index < -0.39 is 11.8 Å². The SMILES string of the molecule is Cc1ccc(NC(=O)C(=O)NC[C@H](c2cccn2C)N2CCOCC2)cc1Cl. The zero-order valence-electron chi connectivity index (χ0n) is 16.1. The number of rotatable bonds is 5. The third kappa shape index (κ3) is 4.92. The number of benzene rings is 1. The summed E-state index contributed by atoms with van der Waals surface area (Å²) in [6.07, 6.45) is 1.97. The smallest absolute Gasteiger partial charge is 0.313 e. The molecule has 1 saturated heterocycles. The molecule has 7 nitrogen and oxygen atoms in total. The highest BCUT2D eigenvalue weighted by Crippen LogP contribution is 2.22. The molecule has 28 heavy (non-hydrogen) atoms. The molecule has 0 radical (unpaired) electrons. The Morgan fingerprint density at radius 1 is 1.21 bits per heavy atom. The number of hydrogen-bond donors (Lipinski definition) is 2. The van der Waals surface area contributed by atoms with Crippen LogP contribution in [0, 0.1) is 6.92 Å². The summed E-state index contributed by atoms with van der Waals surface area (Å²) in [6.45, 7) is 5.07. The lowest BCUT2D eigenvalue weighted by Crippen LogP contribution is -2.46. The van der Waals surface area contributed by atoms with E-state index in [1.54, 1.807) is 18.2 Å². The molecule has 1 aliphatic rings. The van der Waals surface area contributed by atoms with Crippen molar-refractivity contribution in [3.63, 3.8) is 0 Å². The number of halogens is 1. The quantitative estimate of drug-likeness (QED) is 0.748. The van der Waals surface area contributed by atoms with E-state index in [9.17, 15) is 9.59 Å². The number of aromatic nitrogens is 1. The molecule has 150 valence electrons. The van der Waals surface area contributed by atoms with Crippen LogP contribution in [0.5, 0.6) is 0 Å². The van der Waals surface area contributed by atoms with Crippen LogP contribution in [0.1, 0.15) is 17.3 Å². The number of nitrogens with one attached hydrogen (secondary N) is 2. The average Bonchev–Trinajstić information content (AvgIpc) is 3.11. The van der Waals surface area contributed by atoms with Gasteiger partial charge in [0.1, 0.15) is 0 Å². The molecule has 0 unspecified atom stereocenters. The van der Waals surface area contributed by atoms with Gasteiger partial charge in [-0.15, -0.1) is 0 Å². The van der Waals surface area contributed by atoms with Crippen LogP contribution in [0.4, 0.5) is 5.69 Å². The number of carbonyl (C=O) groups is 2. The minimum absolute atomic E-state index is 0.0329. The maximum Gasteiger partial charge on any atom is 0.313 e. The van der Waals surface area contributed by atoms with Crippen LogP contribution in [-0.4, -0.2) is 54.1 Å². The molecule has 1 fully saturated rings. The zero-order valence-corrected chi connectivity index (χ0v) is 16.8. The Hall–Kier alpha value is -2.35. The first kappa shape index (κ1) is 20.4. The van der Waals surface area contributed by atoms with Crippen molar-refractivity contribution in [2.75, 3.05) is 38.2 Å². The van der Waals surface area contributed by atoms with Crippen LogP contribution >= 0.6 is 11.6 Å². The standard InChI is InChI=1S/C20H25ClN4O3/c1-14-5-6-15(12-16(14)21)23-20(27)19(26)22-13-18(17-4-3-7-24(17)2)25-8-10-28-11-9-25/h3-7,12,18H,8-11,13H2,1-2H3,(H,22,26)(H,23,27)/t18-/m1/s1. The van der Waals surface area contributed by atoms with Crippen molar-refractivity contribution in [2.45, 2.75) is 13.0 Å². The number of nitrogens with zero attached hydrogens (tertiary/aromatic N) is 2. The van der Waals surface area contributed by atoms with E-state index in [0.717, 1.165) is 24.3 Å². The van der Waals surface area contributed by atoms with Gasteiger partial charge in [0.05, 0.1) is 19.3 Å². The van der Waals surface area contributed by atoms with Crippen molar-refractivity contribution in [2.24, 2.45) is 7.05 Å². The van der Waals surface area contributed by atoms with Gasteiger partial charge in [-0.25, -0.2) is 0 Å². The van der Waals surface area contributed by atoms with E-state index in [1.165, 1.54) is 0 Å². The minimum atomic E-state index is -0.715. The third-order valence-electron chi connectivity index (χ3n) is 4.90. The highest BCUT2D eigenvalue weighted by molar-refractivity contribution is 6.39. The topological polar surface area (TPSA) is 75.6 Å². The van der Waals surface area contributed by atoms with Crippen molar-refractivity contribution in [1.82, 2.24) is 14.8 Å². The Bertz CT molecular complexity index is 846. The Morgan fingerprint density at radius 2 is 1.96 bits per heavy atom. The molecule has 0 saturated carbocycles. The minimum Gasteiger partial charge on any atom is -0.379 e. The lowest BCUT2D eigenvalue weighted by molar-refractivity contribution is -0.136. The van der Waals surface area contributed by atoms with Gasteiger partial charge in [-0.1, -0.05) is 17.7 Å².